The Morgan fingerprint density at radius 2 is 1.52 bits per heavy atom. The Labute approximate surface area is 123 Å². The molecule has 0 unspecified atom stereocenters. The van der Waals surface area contributed by atoms with Crippen molar-refractivity contribution >= 4 is 17.8 Å². The molecule has 1 amide bonds. The largest absolute Gasteiger partial charge is 0.327 e. The van der Waals surface area contributed by atoms with Gasteiger partial charge >= 0.3 is 0 Å². The third-order valence-corrected chi connectivity index (χ3v) is 3.49. The first-order chi connectivity index (χ1) is 10.2. The molecule has 0 radical (unpaired) electrons. The zero-order valence-corrected chi connectivity index (χ0v) is 11.5. The average molecular weight is 277 g/mol. The molecule has 1 heterocycles. The van der Waals surface area contributed by atoms with Gasteiger partial charge in [-0.05, 0) is 17.2 Å². The van der Waals surface area contributed by atoms with Crippen LogP contribution in [0.2, 0.25) is 0 Å². The first kappa shape index (κ1) is 13.3. The highest BCUT2D eigenvalue weighted by Crippen LogP contribution is 2.19. The number of ketones is 1. The van der Waals surface area contributed by atoms with Gasteiger partial charge in [-0.3, -0.25) is 9.59 Å². The van der Waals surface area contributed by atoms with Gasteiger partial charge in [0.15, 0.2) is 0 Å². The highest BCUT2D eigenvalue weighted by molar-refractivity contribution is 6.45. The maximum absolute atomic E-state index is 12.1. The quantitative estimate of drug-likeness (QED) is 0.639. The van der Waals surface area contributed by atoms with Crippen LogP contribution in [0, 0.1) is 0 Å². The summed E-state index contributed by atoms with van der Waals surface area (Å²) in [6.07, 6.45) is 1.80. The molecule has 1 aliphatic heterocycles. The van der Waals surface area contributed by atoms with Crippen molar-refractivity contribution in [1.29, 1.82) is 0 Å². The molecule has 1 saturated heterocycles. The van der Waals surface area contributed by atoms with E-state index in [1.165, 1.54) is 0 Å². The molecule has 2 aromatic rings. The van der Waals surface area contributed by atoms with Gasteiger partial charge in [0.2, 0.25) is 5.78 Å². The van der Waals surface area contributed by atoms with Crippen LogP contribution in [0.15, 0.2) is 66.2 Å². The Hall–Kier alpha value is -2.68. The molecule has 1 fully saturated rings. The van der Waals surface area contributed by atoms with Gasteiger partial charge in [-0.2, -0.15) is 0 Å². The highest BCUT2D eigenvalue weighted by Gasteiger charge is 2.33. The summed E-state index contributed by atoms with van der Waals surface area (Å²) in [5, 5.41) is 0. The molecule has 104 valence electrons. The van der Waals surface area contributed by atoms with Crippen molar-refractivity contribution in [3.8, 4) is 0 Å². The van der Waals surface area contributed by atoms with Crippen molar-refractivity contribution in [2.24, 2.45) is 0 Å². The number of hydrogen-bond donors (Lipinski definition) is 0. The number of carbonyl (C=O) groups is 2. The third-order valence-electron chi connectivity index (χ3n) is 3.49. The van der Waals surface area contributed by atoms with Crippen LogP contribution in [0.1, 0.15) is 11.1 Å². The number of benzene rings is 2. The Morgan fingerprint density at radius 1 is 0.905 bits per heavy atom. The summed E-state index contributed by atoms with van der Waals surface area (Å²) >= 11 is 0. The van der Waals surface area contributed by atoms with Crippen molar-refractivity contribution < 1.29 is 9.59 Å². The minimum atomic E-state index is -0.416. The van der Waals surface area contributed by atoms with Crippen LogP contribution in [0.5, 0.6) is 0 Å². The molecule has 3 nitrogen and oxygen atoms in total. The second-order valence-corrected chi connectivity index (χ2v) is 5.06. The maximum atomic E-state index is 12.1. The smallest absolute Gasteiger partial charge is 0.295 e. The SMILES string of the molecule is O=C1C(=O)N(Cc2ccccc2)C/C1=C/c1ccccc1. The van der Waals surface area contributed by atoms with Crippen LogP contribution in [0.3, 0.4) is 0 Å². The van der Waals surface area contributed by atoms with Gasteiger partial charge in [0, 0.05) is 12.1 Å². The van der Waals surface area contributed by atoms with Crippen molar-refractivity contribution in [3.63, 3.8) is 0 Å². The van der Waals surface area contributed by atoms with Gasteiger partial charge in [0.1, 0.15) is 0 Å². The first-order valence-corrected chi connectivity index (χ1v) is 6.87. The van der Waals surface area contributed by atoms with E-state index >= 15 is 0 Å². The van der Waals surface area contributed by atoms with Crippen LogP contribution >= 0.6 is 0 Å². The number of nitrogens with zero attached hydrogens (tertiary/aromatic N) is 1. The molecule has 3 rings (SSSR count). The van der Waals surface area contributed by atoms with Crippen LogP contribution < -0.4 is 0 Å². The maximum Gasteiger partial charge on any atom is 0.295 e. The summed E-state index contributed by atoms with van der Waals surface area (Å²) < 4.78 is 0. The molecule has 0 saturated carbocycles. The molecule has 0 spiro atoms. The minimum Gasteiger partial charge on any atom is -0.327 e. The van der Waals surface area contributed by atoms with Crippen molar-refractivity contribution in [2.75, 3.05) is 6.54 Å². The Kier molecular flexibility index (Phi) is 3.65. The third kappa shape index (κ3) is 2.92. The normalized spacial score (nSPS) is 16.8. The van der Waals surface area contributed by atoms with Gasteiger partial charge < -0.3 is 4.90 Å². The van der Waals surface area contributed by atoms with E-state index in [1.807, 2.05) is 60.7 Å². The summed E-state index contributed by atoms with van der Waals surface area (Å²) in [4.78, 5) is 25.7. The van der Waals surface area contributed by atoms with E-state index in [1.54, 1.807) is 11.0 Å². The van der Waals surface area contributed by atoms with Gasteiger partial charge in [-0.1, -0.05) is 60.7 Å². The number of likely N-dealkylation sites (tertiary alicyclic amines) is 1. The Morgan fingerprint density at radius 3 is 2.19 bits per heavy atom. The lowest BCUT2D eigenvalue weighted by molar-refractivity contribution is -0.139. The Bertz CT molecular complexity index is 690. The molecular formula is C18H15NO2. The molecule has 0 aliphatic carbocycles. The minimum absolute atomic E-state index is 0.376. The summed E-state index contributed by atoms with van der Waals surface area (Å²) in [5.74, 6) is -0.809. The fraction of sp³-hybridized carbons (Fsp3) is 0.111. The molecule has 0 N–H and O–H groups in total. The molecule has 0 atom stereocenters. The van der Waals surface area contributed by atoms with Gasteiger partial charge in [0.05, 0.1) is 6.54 Å². The van der Waals surface area contributed by atoms with Crippen molar-refractivity contribution in [1.82, 2.24) is 4.90 Å². The zero-order valence-electron chi connectivity index (χ0n) is 11.5. The van der Waals surface area contributed by atoms with E-state index in [0.717, 1.165) is 11.1 Å². The average Bonchev–Trinajstić information content (AvgIpc) is 2.78. The first-order valence-electron chi connectivity index (χ1n) is 6.87. The second kappa shape index (κ2) is 5.75. The lowest BCUT2D eigenvalue weighted by atomic mass is 10.1. The number of hydrogen-bond acceptors (Lipinski definition) is 2. The fourth-order valence-electron chi connectivity index (χ4n) is 2.42. The number of amides is 1. The number of Topliss-reactive ketones (excluding diaryl/α,β-unsaturated/α-hetero) is 1. The molecule has 21 heavy (non-hydrogen) atoms. The molecule has 0 bridgehead atoms. The monoisotopic (exact) mass is 277 g/mol. The van der Waals surface area contributed by atoms with E-state index < -0.39 is 11.7 Å². The summed E-state index contributed by atoms with van der Waals surface area (Å²) in [5.41, 5.74) is 2.52. The summed E-state index contributed by atoms with van der Waals surface area (Å²) in [7, 11) is 0. The van der Waals surface area contributed by atoms with Crippen LogP contribution in [0.25, 0.3) is 6.08 Å². The van der Waals surface area contributed by atoms with E-state index in [-0.39, 0.29) is 0 Å². The fourth-order valence-corrected chi connectivity index (χ4v) is 2.42. The molecule has 0 aromatic heterocycles. The predicted molar refractivity (Wildman–Crippen MR) is 81.3 cm³/mol. The standard InChI is InChI=1S/C18H15NO2/c20-17-16(11-14-7-3-1-4-8-14)13-19(18(17)21)12-15-9-5-2-6-10-15/h1-11H,12-13H2/b16-11-. The van der Waals surface area contributed by atoms with E-state index in [9.17, 15) is 9.59 Å². The van der Waals surface area contributed by atoms with E-state index in [2.05, 4.69) is 0 Å². The number of rotatable bonds is 3. The van der Waals surface area contributed by atoms with Crippen LogP contribution in [-0.2, 0) is 16.1 Å². The zero-order chi connectivity index (χ0) is 14.7. The highest BCUT2D eigenvalue weighted by atomic mass is 16.2. The second-order valence-electron chi connectivity index (χ2n) is 5.06. The lowest BCUT2D eigenvalue weighted by Crippen LogP contribution is -2.26. The van der Waals surface area contributed by atoms with E-state index in [0.29, 0.717) is 18.7 Å². The molecule has 1 aliphatic rings. The van der Waals surface area contributed by atoms with Crippen LogP contribution in [0.4, 0.5) is 0 Å². The van der Waals surface area contributed by atoms with Crippen LogP contribution in [-0.4, -0.2) is 23.1 Å². The summed E-state index contributed by atoms with van der Waals surface area (Å²) in [6.45, 7) is 0.846. The molecule has 2 aromatic carbocycles. The Balaban J connectivity index is 1.80. The topological polar surface area (TPSA) is 37.4 Å². The molecule has 3 heteroatoms. The predicted octanol–water partition coefficient (Wildman–Crippen LogP) is 2.68. The number of carbonyl (C=O) groups excluding carboxylic acids is 2. The van der Waals surface area contributed by atoms with Crippen molar-refractivity contribution in [2.45, 2.75) is 6.54 Å². The van der Waals surface area contributed by atoms with Gasteiger partial charge in [-0.25, -0.2) is 0 Å². The molecular weight excluding hydrogens is 262 g/mol. The summed E-state index contributed by atoms with van der Waals surface area (Å²) in [6, 6.07) is 19.3. The lowest BCUT2D eigenvalue weighted by Gasteiger charge is -2.13. The van der Waals surface area contributed by atoms with E-state index in [4.69, 9.17) is 0 Å². The van der Waals surface area contributed by atoms with Crippen molar-refractivity contribution in [3.05, 3.63) is 77.4 Å². The van der Waals surface area contributed by atoms with Gasteiger partial charge in [0.25, 0.3) is 5.91 Å². The van der Waals surface area contributed by atoms with Gasteiger partial charge in [-0.15, -0.1) is 0 Å².